The number of hydrogen-bond acceptors (Lipinski definition) is 4. The molecule has 2 rings (SSSR count). The summed E-state index contributed by atoms with van der Waals surface area (Å²) < 4.78 is 0. The number of nitrogens with zero attached hydrogens (tertiary/aromatic N) is 2. The van der Waals surface area contributed by atoms with Crippen LogP contribution in [0.15, 0.2) is 18.2 Å². The zero-order valence-corrected chi connectivity index (χ0v) is 12.1. The van der Waals surface area contributed by atoms with Gasteiger partial charge in [0.15, 0.2) is 0 Å². The summed E-state index contributed by atoms with van der Waals surface area (Å²) in [6.45, 7) is 4.71. The van der Waals surface area contributed by atoms with Gasteiger partial charge in [-0.3, -0.25) is 0 Å². The van der Waals surface area contributed by atoms with Crippen LogP contribution in [0.25, 0.3) is 0 Å². The van der Waals surface area contributed by atoms with Crippen molar-refractivity contribution in [2.45, 2.75) is 38.8 Å². The number of benzene rings is 1. The lowest BCUT2D eigenvalue weighted by Crippen LogP contribution is -2.25. The lowest BCUT2D eigenvalue weighted by molar-refractivity contribution is 0.289. The van der Waals surface area contributed by atoms with Crippen LogP contribution < -0.4 is 10.2 Å². The monoisotopic (exact) mass is 273 g/mol. The average molecular weight is 273 g/mol. The summed E-state index contributed by atoms with van der Waals surface area (Å²) >= 11 is 0. The van der Waals surface area contributed by atoms with E-state index in [9.17, 15) is 5.26 Å². The molecular weight excluding hydrogens is 250 g/mol. The third-order valence-electron chi connectivity index (χ3n) is 3.66. The molecule has 0 aliphatic heterocycles. The van der Waals surface area contributed by atoms with Crippen molar-refractivity contribution in [1.82, 2.24) is 5.32 Å². The van der Waals surface area contributed by atoms with Gasteiger partial charge < -0.3 is 15.3 Å². The maximum atomic E-state index is 9.36. The first kappa shape index (κ1) is 14.8. The minimum Gasteiger partial charge on any atom is -0.396 e. The van der Waals surface area contributed by atoms with Crippen LogP contribution >= 0.6 is 0 Å². The molecule has 4 heteroatoms. The van der Waals surface area contributed by atoms with E-state index in [0.717, 1.165) is 42.9 Å². The highest BCUT2D eigenvalue weighted by molar-refractivity contribution is 5.60. The molecule has 1 aliphatic rings. The molecule has 0 bridgehead atoms. The fourth-order valence-corrected chi connectivity index (χ4v) is 2.32. The Morgan fingerprint density at radius 2 is 2.25 bits per heavy atom. The maximum Gasteiger partial charge on any atom is 0.101 e. The van der Waals surface area contributed by atoms with E-state index in [2.05, 4.69) is 29.3 Å². The summed E-state index contributed by atoms with van der Waals surface area (Å²) in [5.74, 6) is 0. The number of aliphatic hydroxyl groups excluding tert-OH is 1. The van der Waals surface area contributed by atoms with Crippen molar-refractivity contribution in [2.24, 2.45) is 0 Å². The molecule has 0 spiro atoms. The highest BCUT2D eigenvalue weighted by atomic mass is 16.3. The van der Waals surface area contributed by atoms with Crippen molar-refractivity contribution < 1.29 is 5.11 Å². The number of anilines is 1. The Kier molecular flexibility index (Phi) is 5.40. The van der Waals surface area contributed by atoms with Crippen LogP contribution in [0.4, 0.5) is 5.69 Å². The first-order valence-electron chi connectivity index (χ1n) is 7.40. The molecule has 0 atom stereocenters. The Morgan fingerprint density at radius 1 is 1.45 bits per heavy atom. The Hall–Kier alpha value is -1.57. The second-order valence-corrected chi connectivity index (χ2v) is 5.28. The lowest BCUT2D eigenvalue weighted by atomic mass is 10.1. The summed E-state index contributed by atoms with van der Waals surface area (Å²) in [7, 11) is 0. The molecule has 108 valence electrons. The van der Waals surface area contributed by atoms with Gasteiger partial charge >= 0.3 is 0 Å². The molecule has 1 saturated carbocycles. The third-order valence-corrected chi connectivity index (χ3v) is 3.66. The first-order chi connectivity index (χ1) is 9.78. The molecule has 0 amide bonds. The predicted octanol–water partition coefficient (Wildman–Crippen LogP) is 2.02. The van der Waals surface area contributed by atoms with E-state index in [1.54, 1.807) is 0 Å². The van der Waals surface area contributed by atoms with Gasteiger partial charge in [0, 0.05) is 32.3 Å². The van der Waals surface area contributed by atoms with Gasteiger partial charge in [0.1, 0.15) is 6.07 Å². The van der Waals surface area contributed by atoms with Gasteiger partial charge in [0.2, 0.25) is 0 Å². The van der Waals surface area contributed by atoms with Crippen molar-refractivity contribution in [3.05, 3.63) is 29.3 Å². The quantitative estimate of drug-likeness (QED) is 0.761. The summed E-state index contributed by atoms with van der Waals surface area (Å²) in [5.41, 5.74) is 2.86. The van der Waals surface area contributed by atoms with Crippen molar-refractivity contribution in [2.75, 3.05) is 24.6 Å². The van der Waals surface area contributed by atoms with E-state index >= 15 is 0 Å². The number of nitrogens with one attached hydrogen (secondary N) is 1. The SMILES string of the molecule is CCN(CCCO)c1ccc(CNC2CC2)cc1C#N. The maximum absolute atomic E-state index is 9.36. The van der Waals surface area contributed by atoms with E-state index in [0.29, 0.717) is 6.04 Å². The van der Waals surface area contributed by atoms with E-state index < -0.39 is 0 Å². The molecule has 0 heterocycles. The zero-order chi connectivity index (χ0) is 14.4. The fraction of sp³-hybridized carbons (Fsp3) is 0.562. The molecule has 20 heavy (non-hydrogen) atoms. The number of nitriles is 1. The molecule has 0 aromatic heterocycles. The van der Waals surface area contributed by atoms with Gasteiger partial charge in [-0.15, -0.1) is 0 Å². The molecule has 1 aromatic carbocycles. The standard InChI is InChI=1S/C16H23N3O/c1-2-19(8-3-9-20)16-7-4-13(10-14(16)11-17)12-18-15-5-6-15/h4,7,10,15,18,20H,2-3,5-6,8-9,12H2,1H3. The van der Waals surface area contributed by atoms with Crippen LogP contribution in [-0.2, 0) is 6.54 Å². The molecule has 0 saturated heterocycles. The molecule has 0 radical (unpaired) electrons. The molecule has 1 aromatic rings. The largest absolute Gasteiger partial charge is 0.396 e. The molecule has 4 nitrogen and oxygen atoms in total. The fourth-order valence-electron chi connectivity index (χ4n) is 2.32. The second-order valence-electron chi connectivity index (χ2n) is 5.28. The zero-order valence-electron chi connectivity index (χ0n) is 12.1. The van der Waals surface area contributed by atoms with Crippen LogP contribution in [0, 0.1) is 11.3 Å². The van der Waals surface area contributed by atoms with Gasteiger partial charge in [-0.25, -0.2) is 0 Å². The van der Waals surface area contributed by atoms with Crippen LogP contribution in [0.3, 0.4) is 0 Å². The van der Waals surface area contributed by atoms with Crippen molar-refractivity contribution >= 4 is 5.69 Å². The summed E-state index contributed by atoms with van der Waals surface area (Å²) in [6, 6.07) is 9.08. The Balaban J connectivity index is 2.08. The van der Waals surface area contributed by atoms with Crippen molar-refractivity contribution in [1.29, 1.82) is 5.26 Å². The topological polar surface area (TPSA) is 59.3 Å². The first-order valence-corrected chi connectivity index (χ1v) is 7.40. The summed E-state index contributed by atoms with van der Waals surface area (Å²) in [5, 5.41) is 21.8. The van der Waals surface area contributed by atoms with E-state index in [-0.39, 0.29) is 6.61 Å². The molecule has 0 unspecified atom stereocenters. The Morgan fingerprint density at radius 3 is 2.85 bits per heavy atom. The van der Waals surface area contributed by atoms with Gasteiger partial charge in [0.05, 0.1) is 11.3 Å². The molecule has 2 N–H and O–H groups in total. The number of hydrogen-bond donors (Lipinski definition) is 2. The Labute approximate surface area is 121 Å². The van der Waals surface area contributed by atoms with Gasteiger partial charge in [-0.1, -0.05) is 6.07 Å². The van der Waals surface area contributed by atoms with E-state index in [1.165, 1.54) is 12.8 Å². The van der Waals surface area contributed by atoms with Gasteiger partial charge in [-0.2, -0.15) is 5.26 Å². The molecule has 1 fully saturated rings. The van der Waals surface area contributed by atoms with Crippen LogP contribution in [0.2, 0.25) is 0 Å². The third kappa shape index (κ3) is 3.96. The summed E-state index contributed by atoms with van der Waals surface area (Å²) in [6.07, 6.45) is 3.27. The minimum absolute atomic E-state index is 0.182. The normalized spacial score (nSPS) is 14.1. The smallest absolute Gasteiger partial charge is 0.101 e. The lowest BCUT2D eigenvalue weighted by Gasteiger charge is -2.24. The number of aliphatic hydroxyl groups is 1. The second kappa shape index (κ2) is 7.28. The predicted molar refractivity (Wildman–Crippen MR) is 80.6 cm³/mol. The summed E-state index contributed by atoms with van der Waals surface area (Å²) in [4.78, 5) is 2.15. The van der Waals surface area contributed by atoms with Gasteiger partial charge in [0.25, 0.3) is 0 Å². The van der Waals surface area contributed by atoms with Crippen molar-refractivity contribution in [3.8, 4) is 6.07 Å². The van der Waals surface area contributed by atoms with E-state index in [4.69, 9.17) is 5.11 Å². The van der Waals surface area contributed by atoms with Gasteiger partial charge in [-0.05, 0) is 43.9 Å². The highest BCUT2D eigenvalue weighted by Crippen LogP contribution is 2.23. The van der Waals surface area contributed by atoms with Crippen molar-refractivity contribution in [3.63, 3.8) is 0 Å². The van der Waals surface area contributed by atoms with Crippen LogP contribution in [0.1, 0.15) is 37.3 Å². The van der Waals surface area contributed by atoms with Crippen LogP contribution in [0.5, 0.6) is 0 Å². The minimum atomic E-state index is 0.182. The average Bonchev–Trinajstić information content (AvgIpc) is 3.30. The number of rotatable bonds is 8. The van der Waals surface area contributed by atoms with E-state index in [1.807, 2.05) is 12.1 Å². The molecular formula is C16H23N3O. The molecule has 1 aliphatic carbocycles. The highest BCUT2D eigenvalue weighted by Gasteiger charge is 2.20. The van der Waals surface area contributed by atoms with Crippen LogP contribution in [-0.4, -0.2) is 30.8 Å². The Bertz CT molecular complexity index is 477.